The van der Waals surface area contributed by atoms with Crippen molar-refractivity contribution >= 4 is 20.2 Å². The third-order valence-corrected chi connectivity index (χ3v) is 9.07. The molecular formula is C18H29NO6Si. The number of carboxylic acids is 1. The number of nitrogens with zero attached hydrogens (tertiary/aromatic N) is 1. The van der Waals surface area contributed by atoms with Crippen LogP contribution in [0.3, 0.4) is 0 Å². The fourth-order valence-electron chi connectivity index (χ4n) is 1.82. The Bertz CT molecular complexity index is 624. The van der Waals surface area contributed by atoms with Crippen molar-refractivity contribution in [1.29, 1.82) is 0 Å². The molecule has 1 N–H and O–H groups in total. The van der Waals surface area contributed by atoms with Crippen LogP contribution >= 0.6 is 0 Å². The maximum atomic E-state index is 12.0. The van der Waals surface area contributed by atoms with E-state index in [4.69, 9.17) is 14.0 Å². The molecule has 0 saturated carbocycles. The van der Waals surface area contributed by atoms with Crippen LogP contribution in [0.4, 0.5) is 0 Å². The van der Waals surface area contributed by atoms with E-state index in [1.807, 2.05) is 33.9 Å². The van der Waals surface area contributed by atoms with Gasteiger partial charge in [-0.1, -0.05) is 20.8 Å². The normalized spacial score (nSPS) is 13.2. The lowest BCUT2D eigenvalue weighted by Crippen LogP contribution is -2.47. The monoisotopic (exact) mass is 383 g/mol. The Morgan fingerprint density at radius 1 is 1.19 bits per heavy atom. The summed E-state index contributed by atoms with van der Waals surface area (Å²) in [4.78, 5) is 28.3. The molecule has 0 aromatic heterocycles. The highest BCUT2D eigenvalue weighted by atomic mass is 28.4. The van der Waals surface area contributed by atoms with Crippen LogP contribution in [0.2, 0.25) is 18.1 Å². The first-order chi connectivity index (χ1) is 11.9. The number of carbonyl (C=O) groups is 2. The largest absolute Gasteiger partial charge is 0.490 e. The second-order valence-electron chi connectivity index (χ2n) is 7.53. The zero-order valence-electron chi connectivity index (χ0n) is 16.5. The SMILES string of the molecule is CON(C)C(=O)c1ccc(OCC(O[Si](C)(C)C(C)(C)C)C(=O)O)cc1. The van der Waals surface area contributed by atoms with Gasteiger partial charge in [-0.25, -0.2) is 9.86 Å². The second-order valence-corrected chi connectivity index (χ2v) is 12.3. The van der Waals surface area contributed by atoms with Crippen molar-refractivity contribution in [3.63, 3.8) is 0 Å². The van der Waals surface area contributed by atoms with E-state index < -0.39 is 20.4 Å². The lowest BCUT2D eigenvalue weighted by molar-refractivity contribution is -0.147. The maximum absolute atomic E-state index is 12.0. The number of benzene rings is 1. The van der Waals surface area contributed by atoms with Crippen LogP contribution in [0, 0.1) is 0 Å². The number of rotatable bonds is 8. The van der Waals surface area contributed by atoms with Crippen molar-refractivity contribution in [2.75, 3.05) is 20.8 Å². The minimum atomic E-state index is -2.23. The summed E-state index contributed by atoms with van der Waals surface area (Å²) in [5.41, 5.74) is 0.439. The zero-order valence-corrected chi connectivity index (χ0v) is 17.5. The van der Waals surface area contributed by atoms with Crippen LogP contribution in [0.5, 0.6) is 5.75 Å². The zero-order chi connectivity index (χ0) is 20.1. The highest BCUT2D eigenvalue weighted by Gasteiger charge is 2.41. The number of amides is 1. The predicted molar refractivity (Wildman–Crippen MR) is 101 cm³/mol. The van der Waals surface area contributed by atoms with E-state index in [1.54, 1.807) is 24.3 Å². The fourth-order valence-corrected chi connectivity index (χ4v) is 3.05. The third kappa shape index (κ3) is 5.82. The molecule has 0 bridgehead atoms. The molecule has 0 saturated heterocycles. The van der Waals surface area contributed by atoms with Crippen LogP contribution < -0.4 is 4.74 Å². The predicted octanol–water partition coefficient (Wildman–Crippen LogP) is 3.17. The molecule has 0 fully saturated rings. The minimum Gasteiger partial charge on any atom is -0.490 e. The van der Waals surface area contributed by atoms with Crippen molar-refractivity contribution in [1.82, 2.24) is 5.06 Å². The summed E-state index contributed by atoms with van der Waals surface area (Å²) in [6.45, 7) is 10.0. The van der Waals surface area contributed by atoms with Gasteiger partial charge in [-0.3, -0.25) is 9.63 Å². The molecule has 26 heavy (non-hydrogen) atoms. The first-order valence-corrected chi connectivity index (χ1v) is 11.3. The van der Waals surface area contributed by atoms with Gasteiger partial charge in [0.15, 0.2) is 14.4 Å². The van der Waals surface area contributed by atoms with Crippen LogP contribution in [0.25, 0.3) is 0 Å². The highest BCUT2D eigenvalue weighted by Crippen LogP contribution is 2.37. The number of hydrogen-bond donors (Lipinski definition) is 1. The van der Waals surface area contributed by atoms with Gasteiger partial charge < -0.3 is 14.3 Å². The third-order valence-electron chi connectivity index (χ3n) is 4.58. The molecule has 1 atom stereocenters. The van der Waals surface area contributed by atoms with Crippen molar-refractivity contribution in [2.45, 2.75) is 45.0 Å². The molecule has 1 aromatic carbocycles. The van der Waals surface area contributed by atoms with Crippen molar-refractivity contribution < 1.29 is 28.7 Å². The lowest BCUT2D eigenvalue weighted by Gasteiger charge is -2.38. The van der Waals surface area contributed by atoms with E-state index in [0.717, 1.165) is 5.06 Å². The van der Waals surface area contributed by atoms with E-state index in [9.17, 15) is 14.7 Å². The summed E-state index contributed by atoms with van der Waals surface area (Å²) in [7, 11) is 0.688. The summed E-state index contributed by atoms with van der Waals surface area (Å²) < 4.78 is 11.5. The van der Waals surface area contributed by atoms with E-state index in [-0.39, 0.29) is 17.6 Å². The topological polar surface area (TPSA) is 85.3 Å². The Labute approximate surface area is 155 Å². The standard InChI is InChI=1S/C18H29NO6Si/c1-18(2,3)26(6,7)25-15(17(21)22)12-24-14-10-8-13(9-11-14)16(20)19(4)23-5/h8-11,15H,12H2,1-7H3,(H,21,22). The quantitative estimate of drug-likeness (QED) is 0.548. The van der Waals surface area contributed by atoms with Crippen molar-refractivity contribution in [3.05, 3.63) is 29.8 Å². The van der Waals surface area contributed by atoms with Crippen molar-refractivity contribution in [2.24, 2.45) is 0 Å². The summed E-state index contributed by atoms with van der Waals surface area (Å²) >= 11 is 0. The summed E-state index contributed by atoms with van der Waals surface area (Å²) in [5.74, 6) is -0.876. The number of hydroxylamine groups is 2. The number of hydrogen-bond acceptors (Lipinski definition) is 5. The van der Waals surface area contributed by atoms with Crippen LogP contribution in [-0.2, 0) is 14.1 Å². The number of aliphatic carboxylic acids is 1. The Morgan fingerprint density at radius 3 is 2.15 bits per heavy atom. The minimum absolute atomic E-state index is 0.101. The van der Waals surface area contributed by atoms with Gasteiger partial charge >= 0.3 is 5.97 Å². The lowest BCUT2D eigenvalue weighted by atomic mass is 10.2. The van der Waals surface area contributed by atoms with E-state index >= 15 is 0 Å². The van der Waals surface area contributed by atoms with Crippen LogP contribution in [0.15, 0.2) is 24.3 Å². The molecule has 1 rings (SSSR count). The van der Waals surface area contributed by atoms with Gasteiger partial charge in [0.2, 0.25) is 0 Å². The van der Waals surface area contributed by atoms with Gasteiger partial charge in [-0.05, 0) is 42.4 Å². The second kappa shape index (κ2) is 8.66. The Morgan fingerprint density at radius 2 is 1.73 bits per heavy atom. The summed E-state index contributed by atoms with van der Waals surface area (Å²) in [6.07, 6.45) is -1.04. The number of carboxylic acid groups (broad SMARTS) is 1. The molecular weight excluding hydrogens is 354 g/mol. The Kier molecular flexibility index (Phi) is 7.37. The number of carbonyl (C=O) groups excluding carboxylic acids is 1. The molecule has 0 aliphatic rings. The first-order valence-electron chi connectivity index (χ1n) is 8.34. The van der Waals surface area contributed by atoms with Gasteiger partial charge in [-0.15, -0.1) is 0 Å². The fraction of sp³-hybridized carbons (Fsp3) is 0.556. The van der Waals surface area contributed by atoms with Crippen LogP contribution in [-0.4, -0.2) is 57.2 Å². The van der Waals surface area contributed by atoms with E-state index in [0.29, 0.717) is 11.3 Å². The molecule has 146 valence electrons. The van der Waals surface area contributed by atoms with E-state index in [2.05, 4.69) is 0 Å². The highest BCUT2D eigenvalue weighted by molar-refractivity contribution is 6.74. The van der Waals surface area contributed by atoms with Gasteiger partial charge in [0.1, 0.15) is 12.4 Å². The molecule has 7 nitrogen and oxygen atoms in total. The van der Waals surface area contributed by atoms with Gasteiger partial charge in [0.25, 0.3) is 5.91 Å². The maximum Gasteiger partial charge on any atom is 0.335 e. The van der Waals surface area contributed by atoms with E-state index in [1.165, 1.54) is 14.2 Å². The smallest absolute Gasteiger partial charge is 0.335 e. The van der Waals surface area contributed by atoms with Gasteiger partial charge in [0.05, 0.1) is 7.11 Å². The van der Waals surface area contributed by atoms with Gasteiger partial charge in [-0.2, -0.15) is 0 Å². The molecule has 0 heterocycles. The molecule has 0 aliphatic heterocycles. The number of ether oxygens (including phenoxy) is 1. The average molecular weight is 384 g/mol. The summed E-state index contributed by atoms with van der Waals surface area (Å²) in [6, 6.07) is 6.42. The van der Waals surface area contributed by atoms with Crippen LogP contribution in [0.1, 0.15) is 31.1 Å². The average Bonchev–Trinajstić information content (AvgIpc) is 2.56. The molecule has 0 aliphatic carbocycles. The summed E-state index contributed by atoms with van der Waals surface area (Å²) in [5, 5.41) is 10.5. The molecule has 1 aromatic rings. The van der Waals surface area contributed by atoms with Gasteiger partial charge in [0, 0.05) is 12.6 Å². The molecule has 0 radical (unpaired) electrons. The Balaban J connectivity index is 2.76. The van der Waals surface area contributed by atoms with Crippen molar-refractivity contribution in [3.8, 4) is 5.75 Å². The molecule has 1 unspecified atom stereocenters. The molecule has 8 heteroatoms. The molecule has 1 amide bonds. The first kappa shape index (κ1) is 22.1. The Hall–Kier alpha value is -1.90. The molecule has 0 spiro atoms.